The Morgan fingerprint density at radius 2 is 1.91 bits per heavy atom. The van der Waals surface area contributed by atoms with Gasteiger partial charge in [0, 0.05) is 24.5 Å². The van der Waals surface area contributed by atoms with Gasteiger partial charge in [-0.25, -0.2) is 4.79 Å². The van der Waals surface area contributed by atoms with Crippen molar-refractivity contribution in [1.82, 2.24) is 4.90 Å². The molecule has 1 heterocycles. The monoisotopic (exact) mass is 320 g/mol. The summed E-state index contributed by atoms with van der Waals surface area (Å²) in [6, 6.07) is 9.52. The van der Waals surface area contributed by atoms with Crippen LogP contribution in [0.25, 0.3) is 0 Å². The lowest BCUT2D eigenvalue weighted by atomic mass is 10.1. The Hall–Kier alpha value is -1.92. The molecule has 0 spiro atoms. The zero-order chi connectivity index (χ0) is 15.9. The Morgan fingerprint density at radius 3 is 2.50 bits per heavy atom. The molecule has 0 aliphatic carbocycles. The summed E-state index contributed by atoms with van der Waals surface area (Å²) in [5.41, 5.74) is 2.04. The van der Waals surface area contributed by atoms with Crippen LogP contribution in [-0.4, -0.2) is 49.3 Å². The van der Waals surface area contributed by atoms with E-state index >= 15 is 0 Å². The third-order valence-electron chi connectivity index (χ3n) is 3.50. The number of hydrogen-bond donors (Lipinski definition) is 1. The maximum Gasteiger partial charge on any atom is 0.342 e. The van der Waals surface area contributed by atoms with Crippen LogP contribution in [0.2, 0.25) is 0 Å². The highest BCUT2D eigenvalue weighted by atomic mass is 32.1. The Kier molecular flexibility index (Phi) is 5.91. The average Bonchev–Trinajstić information content (AvgIpc) is 2.56. The van der Waals surface area contributed by atoms with Crippen LogP contribution in [0.1, 0.15) is 6.92 Å². The van der Waals surface area contributed by atoms with E-state index in [2.05, 4.69) is 10.2 Å². The van der Waals surface area contributed by atoms with Crippen molar-refractivity contribution in [2.24, 2.45) is 0 Å². The van der Waals surface area contributed by atoms with Crippen molar-refractivity contribution in [1.29, 1.82) is 0 Å². The van der Waals surface area contributed by atoms with Crippen LogP contribution in [0.3, 0.4) is 0 Å². The van der Waals surface area contributed by atoms with Gasteiger partial charge in [-0.15, -0.1) is 0 Å². The average molecular weight is 320 g/mol. The van der Waals surface area contributed by atoms with E-state index in [1.165, 1.54) is 7.11 Å². The molecule has 1 aromatic rings. The number of hydrogen-bond acceptors (Lipinski definition) is 5. The Balaban J connectivity index is 2.24. The molecule has 1 fully saturated rings. The summed E-state index contributed by atoms with van der Waals surface area (Å²) in [4.78, 5) is 14.6. The van der Waals surface area contributed by atoms with Gasteiger partial charge in [0.05, 0.1) is 20.3 Å². The van der Waals surface area contributed by atoms with Crippen LogP contribution < -0.4 is 5.32 Å². The van der Waals surface area contributed by atoms with Crippen LogP contribution >= 0.6 is 12.2 Å². The molecule has 0 atom stereocenters. The number of benzene rings is 1. The first-order chi connectivity index (χ1) is 10.6. The van der Waals surface area contributed by atoms with Gasteiger partial charge in [-0.3, -0.25) is 0 Å². The molecule has 0 bridgehead atoms. The molecule has 22 heavy (non-hydrogen) atoms. The van der Waals surface area contributed by atoms with Crippen molar-refractivity contribution in [3.05, 3.63) is 41.6 Å². The van der Waals surface area contributed by atoms with E-state index in [0.29, 0.717) is 23.8 Å². The summed E-state index contributed by atoms with van der Waals surface area (Å²) in [6.07, 6.45) is 0. The van der Waals surface area contributed by atoms with Crippen LogP contribution in [0.15, 0.2) is 41.6 Å². The highest BCUT2D eigenvalue weighted by Gasteiger charge is 2.23. The topological polar surface area (TPSA) is 50.8 Å². The minimum atomic E-state index is -0.433. The third-order valence-corrected chi connectivity index (χ3v) is 3.80. The van der Waals surface area contributed by atoms with Gasteiger partial charge in [0.1, 0.15) is 10.6 Å². The highest BCUT2D eigenvalue weighted by Crippen LogP contribution is 2.17. The summed E-state index contributed by atoms with van der Waals surface area (Å²) < 4.78 is 10.2. The first kappa shape index (κ1) is 16.5. The molecular formula is C16H20N2O3S. The van der Waals surface area contributed by atoms with E-state index in [1.807, 2.05) is 37.3 Å². The van der Waals surface area contributed by atoms with Crippen LogP contribution in [0.5, 0.6) is 0 Å². The van der Waals surface area contributed by atoms with E-state index in [9.17, 15) is 4.79 Å². The number of carbonyl (C=O) groups is 1. The number of nitrogens with one attached hydrogen (secondary N) is 1. The number of carbonyl (C=O) groups excluding carboxylic acids is 1. The van der Waals surface area contributed by atoms with Crippen molar-refractivity contribution in [3.8, 4) is 0 Å². The second-order valence-corrected chi connectivity index (χ2v) is 5.28. The summed E-state index contributed by atoms with van der Waals surface area (Å²) in [5, 5.41) is 3.09. The Labute approximate surface area is 135 Å². The molecule has 0 unspecified atom stereocenters. The van der Waals surface area contributed by atoms with Gasteiger partial charge < -0.3 is 19.7 Å². The van der Waals surface area contributed by atoms with E-state index in [0.717, 1.165) is 24.5 Å². The van der Waals surface area contributed by atoms with Gasteiger partial charge in [-0.1, -0.05) is 30.4 Å². The fourth-order valence-corrected chi connectivity index (χ4v) is 2.63. The first-order valence-corrected chi connectivity index (χ1v) is 7.52. The van der Waals surface area contributed by atoms with E-state index in [1.54, 1.807) is 0 Å². The number of anilines is 1. The minimum Gasteiger partial charge on any atom is -0.465 e. The highest BCUT2D eigenvalue weighted by molar-refractivity contribution is 7.81. The number of para-hydroxylation sites is 1. The van der Waals surface area contributed by atoms with Gasteiger partial charge in [-0.2, -0.15) is 0 Å². The predicted octanol–water partition coefficient (Wildman–Crippen LogP) is 2.21. The lowest BCUT2D eigenvalue weighted by Gasteiger charge is -2.31. The van der Waals surface area contributed by atoms with Crippen molar-refractivity contribution >= 4 is 28.9 Å². The smallest absolute Gasteiger partial charge is 0.342 e. The van der Waals surface area contributed by atoms with Crippen molar-refractivity contribution in [2.75, 3.05) is 38.7 Å². The maximum atomic E-state index is 12.2. The molecule has 1 aliphatic rings. The minimum absolute atomic E-state index is 0.363. The van der Waals surface area contributed by atoms with Gasteiger partial charge in [0.25, 0.3) is 0 Å². The van der Waals surface area contributed by atoms with Crippen LogP contribution in [0.4, 0.5) is 5.69 Å². The normalized spacial score (nSPS) is 15.8. The fourth-order valence-electron chi connectivity index (χ4n) is 2.28. The summed E-state index contributed by atoms with van der Waals surface area (Å²) in [7, 11) is 1.36. The number of ether oxygens (including phenoxy) is 2. The lowest BCUT2D eigenvalue weighted by Crippen LogP contribution is -2.37. The summed E-state index contributed by atoms with van der Waals surface area (Å²) in [6.45, 7) is 4.65. The molecule has 1 N–H and O–H groups in total. The second kappa shape index (κ2) is 7.91. The zero-order valence-electron chi connectivity index (χ0n) is 12.8. The fraction of sp³-hybridized carbons (Fsp3) is 0.375. The SMILES string of the molecule is COC(=O)C(C(=S)Nc1ccccc1)=C(C)N1CCOCC1. The standard InChI is InChI=1S/C16H20N2O3S/c1-12(18-8-10-21-11-9-18)14(16(19)20-2)15(22)17-13-6-4-3-5-7-13/h3-7H,8-11H2,1-2H3,(H,17,22). The number of allylic oxidation sites excluding steroid dienone is 1. The van der Waals surface area contributed by atoms with Gasteiger partial charge in [0.15, 0.2) is 0 Å². The molecule has 1 aliphatic heterocycles. The molecule has 6 heteroatoms. The van der Waals surface area contributed by atoms with Gasteiger partial charge in [0.2, 0.25) is 0 Å². The molecular weight excluding hydrogens is 300 g/mol. The predicted molar refractivity (Wildman–Crippen MR) is 89.8 cm³/mol. The second-order valence-electron chi connectivity index (χ2n) is 4.87. The molecule has 0 saturated carbocycles. The number of esters is 1. The lowest BCUT2D eigenvalue weighted by molar-refractivity contribution is -0.135. The number of methoxy groups -OCH3 is 1. The van der Waals surface area contributed by atoms with E-state index in [-0.39, 0.29) is 0 Å². The Bertz CT molecular complexity index is 566. The van der Waals surface area contributed by atoms with E-state index < -0.39 is 5.97 Å². The molecule has 5 nitrogen and oxygen atoms in total. The summed E-state index contributed by atoms with van der Waals surface area (Å²) in [5.74, 6) is -0.433. The Morgan fingerprint density at radius 1 is 1.27 bits per heavy atom. The number of morpholine rings is 1. The van der Waals surface area contributed by atoms with Crippen molar-refractivity contribution < 1.29 is 14.3 Å². The van der Waals surface area contributed by atoms with Crippen molar-refractivity contribution in [2.45, 2.75) is 6.92 Å². The molecule has 118 valence electrons. The molecule has 0 aromatic heterocycles. The molecule has 0 radical (unpaired) electrons. The molecule has 2 rings (SSSR count). The zero-order valence-corrected chi connectivity index (χ0v) is 13.6. The van der Waals surface area contributed by atoms with E-state index in [4.69, 9.17) is 21.7 Å². The number of thiocarbonyl (C=S) groups is 1. The quantitative estimate of drug-likeness (QED) is 0.521. The van der Waals surface area contributed by atoms with Crippen molar-refractivity contribution in [3.63, 3.8) is 0 Å². The van der Waals surface area contributed by atoms with Gasteiger partial charge in [-0.05, 0) is 19.1 Å². The molecule has 1 saturated heterocycles. The summed E-state index contributed by atoms with van der Waals surface area (Å²) >= 11 is 5.42. The first-order valence-electron chi connectivity index (χ1n) is 7.11. The number of nitrogens with zero attached hydrogens (tertiary/aromatic N) is 1. The maximum absolute atomic E-state index is 12.2. The third kappa shape index (κ3) is 4.05. The van der Waals surface area contributed by atoms with Crippen LogP contribution in [-0.2, 0) is 14.3 Å². The number of rotatable bonds is 4. The molecule has 1 aromatic carbocycles. The molecule has 0 amide bonds. The van der Waals surface area contributed by atoms with Crippen LogP contribution in [0, 0.1) is 0 Å². The van der Waals surface area contributed by atoms with Gasteiger partial charge >= 0.3 is 5.97 Å². The largest absolute Gasteiger partial charge is 0.465 e.